The summed E-state index contributed by atoms with van der Waals surface area (Å²) in [4.78, 5) is 40.4. The van der Waals surface area contributed by atoms with E-state index in [2.05, 4.69) is 20.9 Å². The Morgan fingerprint density at radius 2 is 1.65 bits per heavy atom. The lowest BCUT2D eigenvalue weighted by molar-refractivity contribution is -0.385. The van der Waals surface area contributed by atoms with Crippen molar-refractivity contribution in [2.75, 3.05) is 26.2 Å². The highest BCUT2D eigenvalue weighted by Crippen LogP contribution is 2.37. The summed E-state index contributed by atoms with van der Waals surface area (Å²) < 4.78 is 15.3. The monoisotopic (exact) mass is 494 g/mol. The SMILES string of the molecule is COC(=O)c1c(C)nc(C)c(C(=O)OC)c1-c1ccc(OCCCCBr)c([N+](=O)[O-])c1. The van der Waals surface area contributed by atoms with E-state index in [1.54, 1.807) is 19.9 Å². The summed E-state index contributed by atoms with van der Waals surface area (Å²) in [7, 11) is 2.41. The average molecular weight is 495 g/mol. The Labute approximate surface area is 188 Å². The van der Waals surface area contributed by atoms with Gasteiger partial charge < -0.3 is 14.2 Å². The first-order valence-electron chi connectivity index (χ1n) is 9.42. The van der Waals surface area contributed by atoms with Crippen LogP contribution in [0.3, 0.4) is 0 Å². The van der Waals surface area contributed by atoms with E-state index in [-0.39, 0.29) is 33.7 Å². The molecular weight excluding hydrogens is 472 g/mol. The third-order valence-electron chi connectivity index (χ3n) is 4.57. The van der Waals surface area contributed by atoms with E-state index in [1.807, 2.05) is 0 Å². The zero-order chi connectivity index (χ0) is 23.1. The molecule has 0 aliphatic rings. The van der Waals surface area contributed by atoms with Gasteiger partial charge in [-0.1, -0.05) is 22.0 Å². The lowest BCUT2D eigenvalue weighted by Gasteiger charge is -2.17. The minimum Gasteiger partial charge on any atom is -0.487 e. The van der Waals surface area contributed by atoms with Gasteiger partial charge in [0.25, 0.3) is 0 Å². The van der Waals surface area contributed by atoms with Crippen LogP contribution in [0.1, 0.15) is 44.9 Å². The molecule has 2 aromatic rings. The van der Waals surface area contributed by atoms with Crippen molar-refractivity contribution in [3.05, 3.63) is 50.8 Å². The number of aryl methyl sites for hydroxylation is 2. The van der Waals surface area contributed by atoms with Gasteiger partial charge in [0, 0.05) is 17.0 Å². The molecule has 0 amide bonds. The number of hydrogen-bond acceptors (Lipinski definition) is 8. The van der Waals surface area contributed by atoms with Gasteiger partial charge in [0.15, 0.2) is 5.75 Å². The van der Waals surface area contributed by atoms with Gasteiger partial charge in [-0.25, -0.2) is 9.59 Å². The molecule has 0 aliphatic heterocycles. The number of hydrogen-bond donors (Lipinski definition) is 0. The predicted octanol–water partition coefficient (Wildman–Crippen LogP) is 4.40. The van der Waals surface area contributed by atoms with E-state index >= 15 is 0 Å². The number of unbranched alkanes of at least 4 members (excludes halogenated alkanes) is 1. The standard InChI is InChI=1S/C21H23BrN2O7/c1-12-17(20(25)29-3)19(18(13(2)23-12)21(26)30-4)14-7-8-16(15(11-14)24(27)28)31-10-6-5-9-22/h7-8,11H,5-6,9-10H2,1-4H3. The van der Waals surface area contributed by atoms with Crippen LogP contribution in [-0.4, -0.2) is 48.0 Å². The number of pyridine rings is 1. The van der Waals surface area contributed by atoms with Crippen molar-refractivity contribution in [3.8, 4) is 16.9 Å². The molecule has 0 atom stereocenters. The van der Waals surface area contributed by atoms with Crippen LogP contribution in [0.5, 0.6) is 5.75 Å². The molecule has 0 unspecified atom stereocenters. The molecular formula is C21H23BrN2O7. The van der Waals surface area contributed by atoms with E-state index in [0.717, 1.165) is 18.2 Å². The van der Waals surface area contributed by atoms with Crippen LogP contribution in [-0.2, 0) is 9.47 Å². The highest BCUT2D eigenvalue weighted by atomic mass is 79.9. The van der Waals surface area contributed by atoms with Gasteiger partial charge in [0.2, 0.25) is 0 Å². The molecule has 0 fully saturated rings. The molecule has 9 nitrogen and oxygen atoms in total. The first kappa shape index (κ1) is 24.3. The third-order valence-corrected chi connectivity index (χ3v) is 5.13. The van der Waals surface area contributed by atoms with Crippen LogP contribution in [0.2, 0.25) is 0 Å². The fourth-order valence-electron chi connectivity index (χ4n) is 3.16. The number of methoxy groups -OCH3 is 2. The maximum absolute atomic E-state index is 12.5. The molecule has 0 aliphatic carbocycles. The van der Waals surface area contributed by atoms with Crippen molar-refractivity contribution in [2.24, 2.45) is 0 Å². The predicted molar refractivity (Wildman–Crippen MR) is 117 cm³/mol. The number of alkyl halides is 1. The summed E-state index contributed by atoms with van der Waals surface area (Å²) in [6.07, 6.45) is 1.60. The highest BCUT2D eigenvalue weighted by molar-refractivity contribution is 9.09. The van der Waals surface area contributed by atoms with Gasteiger partial charge >= 0.3 is 17.6 Å². The molecule has 0 spiro atoms. The Hall–Kier alpha value is -3.01. The molecule has 0 bridgehead atoms. The van der Waals surface area contributed by atoms with Crippen molar-refractivity contribution in [1.29, 1.82) is 0 Å². The highest BCUT2D eigenvalue weighted by Gasteiger charge is 2.29. The van der Waals surface area contributed by atoms with Crippen LogP contribution in [0.4, 0.5) is 5.69 Å². The zero-order valence-corrected chi connectivity index (χ0v) is 19.3. The number of nitrogens with zero attached hydrogens (tertiary/aromatic N) is 2. The Morgan fingerprint density at radius 3 is 2.13 bits per heavy atom. The number of rotatable bonds is 9. The van der Waals surface area contributed by atoms with Crippen LogP contribution in [0.25, 0.3) is 11.1 Å². The van der Waals surface area contributed by atoms with Gasteiger partial charge in [-0.15, -0.1) is 0 Å². The van der Waals surface area contributed by atoms with Crippen LogP contribution in [0, 0.1) is 24.0 Å². The molecule has 0 saturated heterocycles. The lowest BCUT2D eigenvalue weighted by atomic mass is 9.92. The van der Waals surface area contributed by atoms with Crippen molar-refractivity contribution in [2.45, 2.75) is 26.7 Å². The van der Waals surface area contributed by atoms with Crippen molar-refractivity contribution >= 4 is 33.6 Å². The number of ether oxygens (including phenoxy) is 3. The summed E-state index contributed by atoms with van der Waals surface area (Å²) in [5.41, 5.74) is 0.874. The van der Waals surface area contributed by atoms with E-state index in [9.17, 15) is 19.7 Å². The number of aromatic nitrogens is 1. The average Bonchev–Trinajstić information content (AvgIpc) is 2.75. The first-order valence-corrected chi connectivity index (χ1v) is 10.5. The number of esters is 2. The molecule has 1 aromatic heterocycles. The second-order valence-electron chi connectivity index (χ2n) is 6.57. The minimum atomic E-state index is -0.720. The van der Waals surface area contributed by atoms with Crippen LogP contribution >= 0.6 is 15.9 Å². The number of nitro benzene ring substituents is 1. The van der Waals surface area contributed by atoms with Crippen molar-refractivity contribution < 1.29 is 28.7 Å². The van der Waals surface area contributed by atoms with Gasteiger partial charge in [-0.05, 0) is 38.3 Å². The summed E-state index contributed by atoms with van der Waals surface area (Å²) in [5, 5.41) is 12.5. The lowest BCUT2D eigenvalue weighted by Crippen LogP contribution is -2.16. The van der Waals surface area contributed by atoms with Crippen molar-refractivity contribution in [1.82, 2.24) is 4.98 Å². The summed E-state index contributed by atoms with van der Waals surface area (Å²) in [5.74, 6) is -1.34. The third kappa shape index (κ3) is 5.38. The topological polar surface area (TPSA) is 118 Å². The fourth-order valence-corrected chi connectivity index (χ4v) is 3.56. The van der Waals surface area contributed by atoms with Crippen LogP contribution in [0.15, 0.2) is 18.2 Å². The second-order valence-corrected chi connectivity index (χ2v) is 7.37. The summed E-state index contributed by atoms with van der Waals surface area (Å²) >= 11 is 3.32. The fraction of sp³-hybridized carbons (Fsp3) is 0.381. The Bertz CT molecular complexity index is 967. The number of nitro groups is 1. The summed E-state index contributed by atoms with van der Waals surface area (Å²) in [6.45, 7) is 3.51. The van der Waals surface area contributed by atoms with E-state index in [1.165, 1.54) is 26.4 Å². The zero-order valence-electron chi connectivity index (χ0n) is 17.7. The molecule has 31 heavy (non-hydrogen) atoms. The molecule has 1 heterocycles. The second kappa shape index (κ2) is 10.9. The number of benzene rings is 1. The Kier molecular flexibility index (Phi) is 8.49. The largest absolute Gasteiger partial charge is 0.487 e. The van der Waals surface area contributed by atoms with Crippen molar-refractivity contribution in [3.63, 3.8) is 0 Å². The van der Waals surface area contributed by atoms with Gasteiger partial charge in [0.05, 0.1) is 48.3 Å². The summed E-state index contributed by atoms with van der Waals surface area (Å²) in [6, 6.07) is 4.28. The first-order chi connectivity index (χ1) is 14.8. The van der Waals surface area contributed by atoms with E-state index in [0.29, 0.717) is 18.0 Å². The smallest absolute Gasteiger partial charge is 0.340 e. The molecule has 166 valence electrons. The molecule has 0 radical (unpaired) electrons. The van der Waals surface area contributed by atoms with Crippen LogP contribution < -0.4 is 4.74 Å². The molecule has 2 rings (SSSR count). The normalized spacial score (nSPS) is 10.5. The maximum atomic E-state index is 12.5. The maximum Gasteiger partial charge on any atom is 0.340 e. The number of halogens is 1. The molecule has 1 aromatic carbocycles. The van der Waals surface area contributed by atoms with E-state index in [4.69, 9.17) is 14.2 Å². The van der Waals surface area contributed by atoms with E-state index < -0.39 is 16.9 Å². The van der Waals surface area contributed by atoms with Gasteiger partial charge in [0.1, 0.15) is 0 Å². The molecule has 0 saturated carbocycles. The number of carbonyl (C=O) groups excluding carboxylic acids is 2. The number of carbonyl (C=O) groups is 2. The minimum absolute atomic E-state index is 0.0359. The Morgan fingerprint density at radius 1 is 1.06 bits per heavy atom. The Balaban J connectivity index is 2.73. The quantitative estimate of drug-likeness (QED) is 0.165. The molecule has 10 heteroatoms. The van der Waals surface area contributed by atoms with Gasteiger partial charge in [-0.2, -0.15) is 0 Å². The molecule has 0 N–H and O–H groups in total. The van der Waals surface area contributed by atoms with Gasteiger partial charge in [-0.3, -0.25) is 15.1 Å².